The number of nitrogens with zero attached hydrogens (tertiary/aromatic N) is 1. The third kappa shape index (κ3) is 2.83. The number of benzene rings is 1. The van der Waals surface area contributed by atoms with E-state index in [2.05, 4.69) is 24.1 Å². The molecule has 2 nitrogen and oxygen atoms in total. The molecule has 0 saturated carbocycles. The van der Waals surface area contributed by atoms with E-state index < -0.39 is 5.82 Å². The van der Waals surface area contributed by atoms with Crippen molar-refractivity contribution < 1.29 is 4.39 Å². The van der Waals surface area contributed by atoms with E-state index in [1.54, 1.807) is 12.1 Å². The molecule has 0 aliphatic carbocycles. The van der Waals surface area contributed by atoms with Crippen LogP contribution in [0.5, 0.6) is 0 Å². The molecular formula is C14H19Cl2FN2. The fraction of sp³-hybridized carbons (Fsp3) is 0.571. The van der Waals surface area contributed by atoms with Crippen LogP contribution >= 0.6 is 23.2 Å². The molecule has 3 atom stereocenters. The van der Waals surface area contributed by atoms with Crippen molar-refractivity contribution in [1.29, 1.82) is 0 Å². The molecule has 0 amide bonds. The van der Waals surface area contributed by atoms with Crippen LogP contribution in [0.15, 0.2) is 12.1 Å². The Bertz CT molecular complexity index is 444. The molecule has 1 aliphatic rings. The number of nitrogens with one attached hydrogen (secondary N) is 1. The molecule has 1 aliphatic heterocycles. The summed E-state index contributed by atoms with van der Waals surface area (Å²) in [5, 5.41) is 3.51. The number of halogens is 3. The number of hydrogen-bond donors (Lipinski definition) is 1. The summed E-state index contributed by atoms with van der Waals surface area (Å²) in [6.07, 6.45) is 1.05. The minimum Gasteiger partial charge on any atom is -0.368 e. The second kappa shape index (κ2) is 5.86. The molecule has 19 heavy (non-hydrogen) atoms. The lowest BCUT2D eigenvalue weighted by atomic mass is 9.87. The molecular weight excluding hydrogens is 286 g/mol. The van der Waals surface area contributed by atoms with Crippen molar-refractivity contribution >= 4 is 28.9 Å². The molecule has 1 fully saturated rings. The minimum atomic E-state index is -0.544. The molecule has 0 radical (unpaired) electrons. The first-order chi connectivity index (χ1) is 8.95. The fourth-order valence-electron chi connectivity index (χ4n) is 2.84. The lowest BCUT2D eigenvalue weighted by Gasteiger charge is -2.44. The highest BCUT2D eigenvalue weighted by atomic mass is 35.5. The van der Waals surface area contributed by atoms with Crippen LogP contribution in [0.1, 0.15) is 20.3 Å². The summed E-state index contributed by atoms with van der Waals surface area (Å²) < 4.78 is 13.5. The van der Waals surface area contributed by atoms with Gasteiger partial charge in [0.25, 0.3) is 0 Å². The summed E-state index contributed by atoms with van der Waals surface area (Å²) in [7, 11) is 2.00. The fourth-order valence-corrected chi connectivity index (χ4v) is 3.32. The van der Waals surface area contributed by atoms with Crippen molar-refractivity contribution in [2.75, 3.05) is 18.5 Å². The first-order valence-electron chi connectivity index (χ1n) is 6.54. The Labute approximate surface area is 123 Å². The summed E-state index contributed by atoms with van der Waals surface area (Å²) >= 11 is 11.8. The lowest BCUT2D eigenvalue weighted by Crippen LogP contribution is -2.52. The molecule has 2 rings (SSSR count). The summed E-state index contributed by atoms with van der Waals surface area (Å²) in [6, 6.07) is 4.18. The second-order valence-electron chi connectivity index (χ2n) is 5.20. The summed E-state index contributed by atoms with van der Waals surface area (Å²) in [5.41, 5.74) is 0.894. The number of rotatable bonds is 2. The van der Waals surface area contributed by atoms with Crippen LogP contribution in [0.25, 0.3) is 0 Å². The van der Waals surface area contributed by atoms with Crippen LogP contribution in [0.2, 0.25) is 10.0 Å². The van der Waals surface area contributed by atoms with Gasteiger partial charge < -0.3 is 10.2 Å². The number of anilines is 1. The van der Waals surface area contributed by atoms with Crippen molar-refractivity contribution in [3.8, 4) is 0 Å². The third-order valence-electron chi connectivity index (χ3n) is 4.24. The van der Waals surface area contributed by atoms with E-state index in [0.717, 1.165) is 18.7 Å². The van der Waals surface area contributed by atoms with Gasteiger partial charge in [0.2, 0.25) is 0 Å². The molecule has 1 N–H and O–H groups in total. The average Bonchev–Trinajstić information content (AvgIpc) is 2.38. The number of hydrogen-bond acceptors (Lipinski definition) is 2. The van der Waals surface area contributed by atoms with Gasteiger partial charge in [0, 0.05) is 24.3 Å². The minimum absolute atomic E-state index is 0.0816. The molecule has 0 aromatic heterocycles. The topological polar surface area (TPSA) is 15.3 Å². The van der Waals surface area contributed by atoms with Gasteiger partial charge in [0.15, 0.2) is 5.82 Å². The lowest BCUT2D eigenvalue weighted by molar-refractivity contribution is 0.282. The summed E-state index contributed by atoms with van der Waals surface area (Å²) in [4.78, 5) is 2.25. The van der Waals surface area contributed by atoms with Crippen LogP contribution in [0.4, 0.5) is 10.1 Å². The Morgan fingerprint density at radius 3 is 2.37 bits per heavy atom. The Hall–Kier alpha value is -0.510. The van der Waals surface area contributed by atoms with Gasteiger partial charge in [0.05, 0.1) is 10.0 Å². The van der Waals surface area contributed by atoms with Gasteiger partial charge in [-0.25, -0.2) is 4.39 Å². The van der Waals surface area contributed by atoms with E-state index in [-0.39, 0.29) is 10.0 Å². The largest absolute Gasteiger partial charge is 0.368 e. The van der Waals surface area contributed by atoms with Crippen LogP contribution in [-0.4, -0.2) is 25.7 Å². The molecule has 3 unspecified atom stereocenters. The van der Waals surface area contributed by atoms with E-state index >= 15 is 0 Å². The van der Waals surface area contributed by atoms with Crippen molar-refractivity contribution in [2.24, 2.45) is 5.92 Å². The van der Waals surface area contributed by atoms with Crippen molar-refractivity contribution in [3.05, 3.63) is 28.0 Å². The highest BCUT2D eigenvalue weighted by Crippen LogP contribution is 2.34. The number of piperidine rings is 1. The van der Waals surface area contributed by atoms with Crippen molar-refractivity contribution in [2.45, 2.75) is 32.4 Å². The van der Waals surface area contributed by atoms with E-state index in [4.69, 9.17) is 23.2 Å². The van der Waals surface area contributed by atoms with E-state index in [1.165, 1.54) is 0 Å². The zero-order chi connectivity index (χ0) is 14.2. The van der Waals surface area contributed by atoms with Crippen molar-refractivity contribution in [3.63, 3.8) is 0 Å². The van der Waals surface area contributed by atoms with Crippen LogP contribution in [0, 0.1) is 11.7 Å². The monoisotopic (exact) mass is 304 g/mol. The van der Waals surface area contributed by atoms with Gasteiger partial charge in [-0.15, -0.1) is 0 Å². The van der Waals surface area contributed by atoms with Gasteiger partial charge in [-0.3, -0.25) is 0 Å². The third-order valence-corrected chi connectivity index (χ3v) is 4.79. The van der Waals surface area contributed by atoms with E-state index in [1.807, 2.05) is 7.05 Å². The predicted molar refractivity (Wildman–Crippen MR) is 79.9 cm³/mol. The molecule has 0 bridgehead atoms. The van der Waals surface area contributed by atoms with Gasteiger partial charge in [-0.05, 0) is 38.4 Å². The van der Waals surface area contributed by atoms with Gasteiger partial charge in [0.1, 0.15) is 0 Å². The smallest absolute Gasteiger partial charge is 0.160 e. The van der Waals surface area contributed by atoms with Gasteiger partial charge >= 0.3 is 0 Å². The van der Waals surface area contributed by atoms with E-state index in [9.17, 15) is 4.39 Å². The molecule has 106 valence electrons. The normalized spacial score (nSPS) is 27.7. The van der Waals surface area contributed by atoms with Crippen molar-refractivity contribution in [1.82, 2.24) is 5.32 Å². The molecule has 1 aromatic rings. The molecule has 1 aromatic carbocycles. The van der Waals surface area contributed by atoms with Gasteiger partial charge in [-0.1, -0.05) is 30.1 Å². The highest BCUT2D eigenvalue weighted by molar-refractivity contribution is 6.35. The predicted octanol–water partition coefficient (Wildman–Crippen LogP) is 3.96. The quantitative estimate of drug-likeness (QED) is 0.832. The van der Waals surface area contributed by atoms with Crippen LogP contribution < -0.4 is 10.2 Å². The SMILES string of the molecule is CNC1CCN(c2cc(Cl)c(F)c(Cl)c2)C(C)C1C. The summed E-state index contributed by atoms with van der Waals surface area (Å²) in [5.74, 6) is -0.0424. The average molecular weight is 305 g/mol. The Balaban J connectivity index is 2.28. The molecule has 0 spiro atoms. The summed E-state index contributed by atoms with van der Waals surface area (Å²) in [6.45, 7) is 5.32. The Kier molecular flexibility index (Phi) is 4.59. The first kappa shape index (κ1) is 14.9. The second-order valence-corrected chi connectivity index (χ2v) is 6.01. The zero-order valence-corrected chi connectivity index (χ0v) is 12.9. The maximum Gasteiger partial charge on any atom is 0.160 e. The molecule has 5 heteroatoms. The molecule has 1 saturated heterocycles. The van der Waals surface area contributed by atoms with Crippen LogP contribution in [-0.2, 0) is 0 Å². The Morgan fingerprint density at radius 2 is 1.84 bits per heavy atom. The maximum absolute atomic E-state index is 13.5. The first-order valence-corrected chi connectivity index (χ1v) is 7.29. The standard InChI is InChI=1S/C14H19Cl2FN2/c1-8-9(2)19(5-4-13(8)18-3)10-6-11(15)14(17)12(16)7-10/h6-9,13,18H,4-5H2,1-3H3. The molecule has 1 heterocycles. The maximum atomic E-state index is 13.5. The van der Waals surface area contributed by atoms with E-state index in [0.29, 0.717) is 18.0 Å². The highest BCUT2D eigenvalue weighted by Gasteiger charge is 2.32. The zero-order valence-electron chi connectivity index (χ0n) is 11.4. The Morgan fingerprint density at radius 1 is 1.26 bits per heavy atom. The van der Waals surface area contributed by atoms with Crippen LogP contribution in [0.3, 0.4) is 0 Å². The van der Waals surface area contributed by atoms with Gasteiger partial charge in [-0.2, -0.15) is 0 Å².